The first-order valence-corrected chi connectivity index (χ1v) is 7.34. The van der Waals surface area contributed by atoms with Gasteiger partial charge in [0.15, 0.2) is 0 Å². The van der Waals surface area contributed by atoms with Crippen molar-refractivity contribution in [2.75, 3.05) is 18.2 Å². The molecular formula is C17H15BrN2O. The number of hydrogen-bond acceptors (Lipinski definition) is 3. The molecule has 0 aliphatic heterocycles. The molecule has 0 saturated heterocycles. The number of nitrogens with two attached hydrogens (primary N) is 1. The average molecular weight is 343 g/mol. The fourth-order valence-corrected chi connectivity index (χ4v) is 2.65. The fraction of sp³-hybridized carbons (Fsp3) is 0.0588. The SMILES string of the molecule is COc1cc(N)cc(Nc2ccc3cc(Br)ccc3c2)c1. The maximum absolute atomic E-state index is 5.87. The van der Waals surface area contributed by atoms with Crippen molar-refractivity contribution in [3.63, 3.8) is 0 Å². The molecular weight excluding hydrogens is 328 g/mol. The first-order valence-electron chi connectivity index (χ1n) is 6.55. The summed E-state index contributed by atoms with van der Waals surface area (Å²) in [5.41, 5.74) is 8.46. The predicted octanol–water partition coefficient (Wildman–Crippen LogP) is 4.94. The van der Waals surface area contributed by atoms with Crippen LogP contribution in [0.2, 0.25) is 0 Å². The van der Waals surface area contributed by atoms with E-state index in [1.54, 1.807) is 13.2 Å². The molecule has 3 aromatic carbocycles. The van der Waals surface area contributed by atoms with Crippen molar-refractivity contribution in [2.45, 2.75) is 0 Å². The molecule has 3 N–H and O–H groups in total. The lowest BCUT2D eigenvalue weighted by Gasteiger charge is -2.10. The highest BCUT2D eigenvalue weighted by Crippen LogP contribution is 2.28. The maximum Gasteiger partial charge on any atom is 0.122 e. The molecule has 0 bridgehead atoms. The van der Waals surface area contributed by atoms with Gasteiger partial charge in [-0.1, -0.05) is 28.1 Å². The summed E-state index contributed by atoms with van der Waals surface area (Å²) in [7, 11) is 1.63. The summed E-state index contributed by atoms with van der Waals surface area (Å²) in [6.45, 7) is 0. The van der Waals surface area contributed by atoms with Crippen molar-refractivity contribution >= 4 is 43.8 Å². The van der Waals surface area contributed by atoms with Gasteiger partial charge in [0.25, 0.3) is 0 Å². The topological polar surface area (TPSA) is 47.3 Å². The molecule has 21 heavy (non-hydrogen) atoms. The quantitative estimate of drug-likeness (QED) is 0.663. The van der Waals surface area contributed by atoms with Gasteiger partial charge in [-0.05, 0) is 41.1 Å². The molecule has 0 unspecified atom stereocenters. The normalized spacial score (nSPS) is 10.6. The lowest BCUT2D eigenvalue weighted by atomic mass is 10.1. The monoisotopic (exact) mass is 342 g/mol. The van der Waals surface area contributed by atoms with Crippen LogP contribution in [0.1, 0.15) is 0 Å². The number of methoxy groups -OCH3 is 1. The van der Waals surface area contributed by atoms with E-state index >= 15 is 0 Å². The highest BCUT2D eigenvalue weighted by Gasteiger charge is 2.02. The van der Waals surface area contributed by atoms with Crippen LogP contribution in [0.25, 0.3) is 10.8 Å². The van der Waals surface area contributed by atoms with E-state index in [1.165, 1.54) is 10.8 Å². The standard InChI is InChI=1S/C17H15BrN2O/c1-21-17-9-14(19)8-16(10-17)20-15-5-3-11-6-13(18)4-2-12(11)7-15/h2-10,20H,19H2,1H3. The number of halogens is 1. The van der Waals surface area contributed by atoms with E-state index in [4.69, 9.17) is 10.5 Å². The molecule has 3 nitrogen and oxygen atoms in total. The zero-order chi connectivity index (χ0) is 14.8. The van der Waals surface area contributed by atoms with Crippen LogP contribution >= 0.6 is 15.9 Å². The summed E-state index contributed by atoms with van der Waals surface area (Å²) >= 11 is 3.49. The Morgan fingerprint density at radius 2 is 1.67 bits per heavy atom. The molecule has 0 atom stereocenters. The molecule has 0 aromatic heterocycles. The van der Waals surface area contributed by atoms with Crippen LogP contribution in [0.5, 0.6) is 5.75 Å². The van der Waals surface area contributed by atoms with E-state index in [0.717, 1.165) is 21.6 Å². The molecule has 4 heteroatoms. The molecule has 3 rings (SSSR count). The highest BCUT2D eigenvalue weighted by molar-refractivity contribution is 9.10. The zero-order valence-corrected chi connectivity index (χ0v) is 13.1. The van der Waals surface area contributed by atoms with Gasteiger partial charge in [0.05, 0.1) is 7.11 Å². The third-order valence-electron chi connectivity index (χ3n) is 3.26. The third-order valence-corrected chi connectivity index (χ3v) is 3.75. The number of nitrogens with one attached hydrogen (secondary N) is 1. The molecule has 0 amide bonds. The van der Waals surface area contributed by atoms with Crippen molar-refractivity contribution in [2.24, 2.45) is 0 Å². The van der Waals surface area contributed by atoms with Gasteiger partial charge in [-0.25, -0.2) is 0 Å². The smallest absolute Gasteiger partial charge is 0.122 e. The second kappa shape index (κ2) is 5.66. The summed E-state index contributed by atoms with van der Waals surface area (Å²) in [5, 5.41) is 5.73. The van der Waals surface area contributed by atoms with Crippen molar-refractivity contribution < 1.29 is 4.74 Å². The van der Waals surface area contributed by atoms with Crippen LogP contribution < -0.4 is 15.8 Å². The minimum absolute atomic E-state index is 0.668. The molecule has 0 aliphatic rings. The molecule has 106 valence electrons. The summed E-state index contributed by atoms with van der Waals surface area (Å²) in [6, 6.07) is 18.1. The first kappa shape index (κ1) is 13.8. The Kier molecular flexibility index (Phi) is 3.71. The van der Waals surface area contributed by atoms with Gasteiger partial charge >= 0.3 is 0 Å². The van der Waals surface area contributed by atoms with E-state index in [1.807, 2.05) is 24.3 Å². The number of ether oxygens (including phenoxy) is 1. The molecule has 3 aromatic rings. The van der Waals surface area contributed by atoms with Gasteiger partial charge in [0.1, 0.15) is 5.75 Å². The molecule has 0 spiro atoms. The summed E-state index contributed by atoms with van der Waals surface area (Å²) in [5.74, 6) is 0.738. The second-order valence-corrected chi connectivity index (χ2v) is 5.74. The largest absolute Gasteiger partial charge is 0.497 e. The Hall–Kier alpha value is -2.20. The Labute approximate surface area is 131 Å². The van der Waals surface area contributed by atoms with E-state index in [0.29, 0.717) is 5.69 Å². The zero-order valence-electron chi connectivity index (χ0n) is 11.6. The third kappa shape index (κ3) is 3.11. The van der Waals surface area contributed by atoms with E-state index in [-0.39, 0.29) is 0 Å². The minimum Gasteiger partial charge on any atom is -0.497 e. The van der Waals surface area contributed by atoms with Crippen molar-refractivity contribution in [3.8, 4) is 5.75 Å². The van der Waals surface area contributed by atoms with Gasteiger partial charge in [0.2, 0.25) is 0 Å². The minimum atomic E-state index is 0.668. The molecule has 0 fully saturated rings. The number of fused-ring (bicyclic) bond motifs is 1. The number of rotatable bonds is 3. The van der Waals surface area contributed by atoms with Crippen LogP contribution in [-0.2, 0) is 0 Å². The van der Waals surface area contributed by atoms with E-state index in [2.05, 4.69) is 45.5 Å². The van der Waals surface area contributed by atoms with Crippen molar-refractivity contribution in [1.82, 2.24) is 0 Å². The van der Waals surface area contributed by atoms with Crippen LogP contribution in [0.15, 0.2) is 59.1 Å². The number of benzene rings is 3. The van der Waals surface area contributed by atoms with Gasteiger partial charge in [-0.3, -0.25) is 0 Å². The maximum atomic E-state index is 5.87. The molecule has 0 saturated carbocycles. The lowest BCUT2D eigenvalue weighted by molar-refractivity contribution is 0.415. The van der Waals surface area contributed by atoms with Crippen molar-refractivity contribution in [1.29, 1.82) is 0 Å². The Balaban J connectivity index is 1.94. The molecule has 0 heterocycles. The summed E-state index contributed by atoms with van der Waals surface area (Å²) in [4.78, 5) is 0. The van der Waals surface area contributed by atoms with Gasteiger partial charge in [0, 0.05) is 33.7 Å². The highest BCUT2D eigenvalue weighted by atomic mass is 79.9. The van der Waals surface area contributed by atoms with Crippen LogP contribution in [0.3, 0.4) is 0 Å². The number of anilines is 3. The van der Waals surface area contributed by atoms with Gasteiger partial charge < -0.3 is 15.8 Å². The summed E-state index contributed by atoms with van der Waals surface area (Å²) < 4.78 is 6.31. The number of hydrogen-bond donors (Lipinski definition) is 2. The van der Waals surface area contributed by atoms with Gasteiger partial charge in [-0.15, -0.1) is 0 Å². The Morgan fingerprint density at radius 1 is 0.905 bits per heavy atom. The predicted molar refractivity (Wildman–Crippen MR) is 92.3 cm³/mol. The number of nitrogen functional groups attached to an aromatic ring is 1. The lowest BCUT2D eigenvalue weighted by Crippen LogP contribution is -1.94. The van der Waals surface area contributed by atoms with E-state index in [9.17, 15) is 0 Å². The van der Waals surface area contributed by atoms with Crippen molar-refractivity contribution in [3.05, 3.63) is 59.1 Å². The molecule has 0 radical (unpaired) electrons. The van der Waals surface area contributed by atoms with Crippen LogP contribution in [0, 0.1) is 0 Å². The average Bonchev–Trinajstić information content (AvgIpc) is 2.47. The first-order chi connectivity index (χ1) is 10.1. The Bertz CT molecular complexity index is 802. The van der Waals surface area contributed by atoms with E-state index < -0.39 is 0 Å². The Morgan fingerprint density at radius 3 is 2.48 bits per heavy atom. The van der Waals surface area contributed by atoms with Crippen LogP contribution in [0.4, 0.5) is 17.1 Å². The fourth-order valence-electron chi connectivity index (χ4n) is 2.27. The second-order valence-electron chi connectivity index (χ2n) is 4.83. The summed E-state index contributed by atoms with van der Waals surface area (Å²) in [6.07, 6.45) is 0. The van der Waals surface area contributed by atoms with Crippen LogP contribution in [-0.4, -0.2) is 7.11 Å². The van der Waals surface area contributed by atoms with Gasteiger partial charge in [-0.2, -0.15) is 0 Å². The molecule has 0 aliphatic carbocycles.